The lowest BCUT2D eigenvalue weighted by Gasteiger charge is -2.15. The normalized spacial score (nSPS) is 15.1. The van der Waals surface area contributed by atoms with Crippen LogP contribution >= 0.6 is 0 Å². The molecule has 160 valence electrons. The van der Waals surface area contributed by atoms with Gasteiger partial charge < -0.3 is 5.32 Å². The van der Waals surface area contributed by atoms with Crippen LogP contribution < -0.4 is 5.32 Å². The molecule has 0 spiro atoms. The van der Waals surface area contributed by atoms with Crippen LogP contribution in [0.25, 0.3) is 22.3 Å². The molecule has 1 atom stereocenters. The van der Waals surface area contributed by atoms with E-state index < -0.39 is 0 Å². The summed E-state index contributed by atoms with van der Waals surface area (Å²) < 4.78 is 0. The van der Waals surface area contributed by atoms with Crippen molar-refractivity contribution in [3.63, 3.8) is 0 Å². The molecule has 33 heavy (non-hydrogen) atoms. The number of benzene rings is 4. The quantitative estimate of drug-likeness (QED) is 0.243. The third kappa shape index (κ3) is 5.02. The molecule has 0 heterocycles. The van der Waals surface area contributed by atoms with E-state index in [0.29, 0.717) is 5.92 Å². The highest BCUT2D eigenvalue weighted by atomic mass is 14.9. The van der Waals surface area contributed by atoms with Crippen LogP contribution in [0.1, 0.15) is 17.9 Å². The molecule has 0 aromatic heterocycles. The van der Waals surface area contributed by atoms with E-state index in [-0.39, 0.29) is 0 Å². The van der Waals surface area contributed by atoms with Crippen LogP contribution in [0, 0.1) is 0 Å². The molecule has 4 aromatic rings. The summed E-state index contributed by atoms with van der Waals surface area (Å²) in [4.78, 5) is 4.51. The molecule has 0 amide bonds. The molecule has 0 bridgehead atoms. The first-order valence-corrected chi connectivity index (χ1v) is 11.3. The Labute approximate surface area is 195 Å². The van der Waals surface area contributed by atoms with Gasteiger partial charge in [-0.2, -0.15) is 0 Å². The SMILES string of the molecule is C1=CC[C@@H](c2cccc(-c3cccc(-c4ccccc4N/C=N\c4ccccc4)c3)c2)C=C1. The van der Waals surface area contributed by atoms with E-state index in [4.69, 9.17) is 0 Å². The zero-order valence-corrected chi connectivity index (χ0v) is 18.4. The Hall–Kier alpha value is -4.17. The molecule has 5 rings (SSSR count). The standard InChI is InChI=1S/C31H26N2/c1-3-11-24(12-4-1)25-13-9-14-26(21-25)27-15-10-16-28(22-27)30-19-7-8-20-31(30)33-23-32-29-17-5-2-6-18-29/h1-11,13-24H,12H2,(H,32,33)/t24-/m0/s1. The monoisotopic (exact) mass is 426 g/mol. The van der Waals surface area contributed by atoms with E-state index in [9.17, 15) is 0 Å². The number of aliphatic imine (C=N–C) groups is 1. The van der Waals surface area contributed by atoms with Crippen LogP contribution in [-0.4, -0.2) is 6.34 Å². The predicted molar refractivity (Wildman–Crippen MR) is 141 cm³/mol. The van der Waals surface area contributed by atoms with Crippen molar-refractivity contribution in [3.05, 3.63) is 133 Å². The fraction of sp³-hybridized carbons (Fsp3) is 0.0645. The Morgan fingerprint density at radius 3 is 2.30 bits per heavy atom. The van der Waals surface area contributed by atoms with Crippen molar-refractivity contribution < 1.29 is 0 Å². The highest BCUT2D eigenvalue weighted by Gasteiger charge is 2.10. The van der Waals surface area contributed by atoms with Crippen LogP contribution in [0.3, 0.4) is 0 Å². The fourth-order valence-electron chi connectivity index (χ4n) is 4.19. The van der Waals surface area contributed by atoms with Gasteiger partial charge in [-0.3, -0.25) is 0 Å². The summed E-state index contributed by atoms with van der Waals surface area (Å²) in [5, 5.41) is 3.37. The predicted octanol–water partition coefficient (Wildman–Crippen LogP) is 8.39. The average molecular weight is 427 g/mol. The minimum absolute atomic E-state index is 0.451. The molecular formula is C31H26N2. The van der Waals surface area contributed by atoms with Crippen LogP contribution in [0.4, 0.5) is 11.4 Å². The molecule has 2 nitrogen and oxygen atoms in total. The summed E-state index contributed by atoms with van der Waals surface area (Å²) in [5.74, 6) is 0.451. The zero-order valence-electron chi connectivity index (χ0n) is 18.4. The molecule has 0 unspecified atom stereocenters. The number of hydrogen-bond donors (Lipinski definition) is 1. The van der Waals surface area contributed by atoms with Gasteiger partial charge in [0.2, 0.25) is 0 Å². The molecule has 0 aliphatic heterocycles. The van der Waals surface area contributed by atoms with Crippen LogP contribution in [0.2, 0.25) is 0 Å². The number of para-hydroxylation sites is 2. The number of rotatable bonds is 6. The molecule has 1 aliphatic carbocycles. The highest BCUT2D eigenvalue weighted by Crippen LogP contribution is 2.33. The largest absolute Gasteiger partial charge is 0.346 e. The number of nitrogens with zero attached hydrogens (tertiary/aromatic N) is 1. The van der Waals surface area contributed by atoms with Crippen molar-refractivity contribution in [3.8, 4) is 22.3 Å². The van der Waals surface area contributed by atoms with Crippen LogP contribution in [0.5, 0.6) is 0 Å². The van der Waals surface area contributed by atoms with Crippen molar-refractivity contribution >= 4 is 17.7 Å². The fourth-order valence-corrected chi connectivity index (χ4v) is 4.19. The van der Waals surface area contributed by atoms with Gasteiger partial charge in [0.15, 0.2) is 0 Å². The first-order chi connectivity index (χ1) is 16.4. The third-order valence-electron chi connectivity index (χ3n) is 5.92. The lowest BCUT2D eigenvalue weighted by atomic mass is 9.90. The van der Waals surface area contributed by atoms with Gasteiger partial charge in [-0.1, -0.05) is 103 Å². The maximum atomic E-state index is 4.51. The molecule has 0 saturated carbocycles. The molecule has 0 fully saturated rings. The zero-order chi connectivity index (χ0) is 22.3. The molecule has 0 saturated heterocycles. The van der Waals surface area contributed by atoms with Gasteiger partial charge in [-0.15, -0.1) is 0 Å². The average Bonchev–Trinajstić information content (AvgIpc) is 2.90. The number of anilines is 1. The van der Waals surface area contributed by atoms with Gasteiger partial charge in [-0.25, -0.2) is 4.99 Å². The summed E-state index contributed by atoms with van der Waals surface area (Å²) in [6.45, 7) is 0. The molecule has 0 radical (unpaired) electrons. The Morgan fingerprint density at radius 2 is 1.45 bits per heavy atom. The Balaban J connectivity index is 1.42. The van der Waals surface area contributed by atoms with Crippen molar-refractivity contribution in [1.82, 2.24) is 0 Å². The lowest BCUT2D eigenvalue weighted by Crippen LogP contribution is -1.97. The molecule has 2 heteroatoms. The molecule has 4 aromatic carbocycles. The van der Waals surface area contributed by atoms with Crippen molar-refractivity contribution in [1.29, 1.82) is 0 Å². The van der Waals surface area contributed by atoms with Crippen molar-refractivity contribution in [2.75, 3.05) is 5.32 Å². The second-order valence-electron chi connectivity index (χ2n) is 8.15. The topological polar surface area (TPSA) is 24.4 Å². The molecule has 1 aliphatic rings. The van der Waals surface area contributed by atoms with Crippen LogP contribution in [-0.2, 0) is 0 Å². The minimum atomic E-state index is 0.451. The van der Waals surface area contributed by atoms with Gasteiger partial charge in [0.25, 0.3) is 0 Å². The Bertz CT molecular complexity index is 1320. The van der Waals surface area contributed by atoms with Gasteiger partial charge in [-0.05, 0) is 52.9 Å². The highest BCUT2D eigenvalue weighted by molar-refractivity contribution is 5.88. The summed E-state index contributed by atoms with van der Waals surface area (Å²) >= 11 is 0. The molecule has 1 N–H and O–H groups in total. The van der Waals surface area contributed by atoms with Crippen molar-refractivity contribution in [2.45, 2.75) is 12.3 Å². The maximum Gasteiger partial charge on any atom is 0.0930 e. The van der Waals surface area contributed by atoms with E-state index in [2.05, 4.69) is 101 Å². The smallest absolute Gasteiger partial charge is 0.0930 e. The Kier molecular flexibility index (Phi) is 6.26. The summed E-state index contributed by atoms with van der Waals surface area (Å²) in [7, 11) is 0. The summed E-state index contributed by atoms with van der Waals surface area (Å²) in [6, 6.07) is 36.0. The number of nitrogens with one attached hydrogen (secondary N) is 1. The maximum absolute atomic E-state index is 4.51. The number of hydrogen-bond acceptors (Lipinski definition) is 1. The van der Waals surface area contributed by atoms with E-state index in [1.807, 2.05) is 36.4 Å². The summed E-state index contributed by atoms with van der Waals surface area (Å²) in [5.41, 5.74) is 8.10. The summed E-state index contributed by atoms with van der Waals surface area (Å²) in [6.07, 6.45) is 11.6. The van der Waals surface area contributed by atoms with E-state index in [0.717, 1.165) is 23.4 Å². The van der Waals surface area contributed by atoms with Gasteiger partial charge in [0.1, 0.15) is 0 Å². The number of allylic oxidation sites excluding steroid dienone is 4. The second-order valence-corrected chi connectivity index (χ2v) is 8.15. The van der Waals surface area contributed by atoms with E-state index in [1.165, 1.54) is 22.3 Å². The molecular weight excluding hydrogens is 400 g/mol. The van der Waals surface area contributed by atoms with Gasteiger partial charge in [0.05, 0.1) is 12.0 Å². The minimum Gasteiger partial charge on any atom is -0.346 e. The second kappa shape index (κ2) is 9.97. The van der Waals surface area contributed by atoms with E-state index in [1.54, 1.807) is 6.34 Å². The Morgan fingerprint density at radius 1 is 0.697 bits per heavy atom. The van der Waals surface area contributed by atoms with Gasteiger partial charge in [0, 0.05) is 17.2 Å². The van der Waals surface area contributed by atoms with Crippen LogP contribution in [0.15, 0.2) is 132 Å². The van der Waals surface area contributed by atoms with Crippen molar-refractivity contribution in [2.24, 2.45) is 4.99 Å². The first-order valence-electron chi connectivity index (χ1n) is 11.3. The van der Waals surface area contributed by atoms with Gasteiger partial charge >= 0.3 is 0 Å². The lowest BCUT2D eigenvalue weighted by molar-refractivity contribution is 0.854. The first kappa shape index (κ1) is 20.7. The third-order valence-corrected chi connectivity index (χ3v) is 5.92. The van der Waals surface area contributed by atoms with E-state index >= 15 is 0 Å².